The number of para-hydroxylation sites is 1. The summed E-state index contributed by atoms with van der Waals surface area (Å²) in [5, 5.41) is 0.711. The molecule has 1 heterocycles. The maximum absolute atomic E-state index is 5.94. The second kappa shape index (κ2) is 4.35. The lowest BCUT2D eigenvalue weighted by Crippen LogP contribution is -1.89. The van der Waals surface area contributed by atoms with Crippen LogP contribution in [0.1, 0.15) is 11.5 Å². The van der Waals surface area contributed by atoms with E-state index < -0.39 is 0 Å². The molecule has 3 aromatic rings. The van der Waals surface area contributed by atoms with E-state index in [1.54, 1.807) is 0 Å². The molecule has 2 N–H and O–H groups in total. The molecule has 0 fully saturated rings. The lowest BCUT2D eigenvalue weighted by Gasteiger charge is -1.97. The van der Waals surface area contributed by atoms with Crippen LogP contribution in [0.25, 0.3) is 11.1 Å². The lowest BCUT2D eigenvalue weighted by molar-refractivity contribution is 0.544. The third-order valence-electron chi connectivity index (χ3n) is 2.74. The SMILES string of the molecule is Nc1cccc2oc(Cc3cccc(Cl)c3)nc12. The summed E-state index contributed by atoms with van der Waals surface area (Å²) in [5.74, 6) is 0.644. The molecule has 0 atom stereocenters. The summed E-state index contributed by atoms with van der Waals surface area (Å²) in [4.78, 5) is 4.40. The number of hydrogen-bond donors (Lipinski definition) is 1. The molecule has 1 aromatic heterocycles. The summed E-state index contributed by atoms with van der Waals surface area (Å²) < 4.78 is 5.66. The Morgan fingerprint density at radius 2 is 2.00 bits per heavy atom. The number of fused-ring (bicyclic) bond motifs is 1. The molecule has 4 heteroatoms. The lowest BCUT2D eigenvalue weighted by atomic mass is 10.1. The Bertz CT molecular complexity index is 706. The van der Waals surface area contributed by atoms with Crippen molar-refractivity contribution in [2.75, 3.05) is 5.73 Å². The summed E-state index contributed by atoms with van der Waals surface area (Å²) in [6.45, 7) is 0. The first-order valence-electron chi connectivity index (χ1n) is 5.61. The first kappa shape index (κ1) is 11.1. The highest BCUT2D eigenvalue weighted by molar-refractivity contribution is 6.30. The molecule has 0 saturated heterocycles. The fourth-order valence-corrected chi connectivity index (χ4v) is 2.13. The largest absolute Gasteiger partial charge is 0.440 e. The number of anilines is 1. The minimum Gasteiger partial charge on any atom is -0.440 e. The molecular formula is C14H11ClN2O. The van der Waals surface area contributed by atoms with Crippen molar-refractivity contribution in [2.45, 2.75) is 6.42 Å². The molecule has 0 aliphatic rings. The van der Waals surface area contributed by atoms with E-state index in [1.165, 1.54) is 0 Å². The van der Waals surface area contributed by atoms with Gasteiger partial charge in [-0.1, -0.05) is 29.8 Å². The van der Waals surface area contributed by atoms with Crippen molar-refractivity contribution >= 4 is 28.4 Å². The summed E-state index contributed by atoms with van der Waals surface area (Å²) in [5.41, 5.74) is 8.97. The zero-order chi connectivity index (χ0) is 12.5. The number of benzene rings is 2. The predicted octanol–water partition coefficient (Wildman–Crippen LogP) is 3.65. The summed E-state index contributed by atoms with van der Waals surface area (Å²) >= 11 is 5.94. The van der Waals surface area contributed by atoms with Crippen molar-refractivity contribution in [3.63, 3.8) is 0 Å². The monoisotopic (exact) mass is 258 g/mol. The molecule has 0 amide bonds. The minimum absolute atomic E-state index is 0.606. The fraction of sp³-hybridized carbons (Fsp3) is 0.0714. The first-order valence-corrected chi connectivity index (χ1v) is 5.98. The number of nitrogens with two attached hydrogens (primary N) is 1. The Morgan fingerprint density at radius 1 is 1.17 bits per heavy atom. The Hall–Kier alpha value is -2.00. The van der Waals surface area contributed by atoms with Crippen molar-refractivity contribution in [3.05, 3.63) is 58.9 Å². The van der Waals surface area contributed by atoms with E-state index in [0.29, 0.717) is 28.6 Å². The van der Waals surface area contributed by atoms with Gasteiger partial charge in [0.05, 0.1) is 5.69 Å². The van der Waals surface area contributed by atoms with Gasteiger partial charge in [-0.25, -0.2) is 4.98 Å². The molecule has 0 unspecified atom stereocenters. The molecular weight excluding hydrogens is 248 g/mol. The number of rotatable bonds is 2. The Labute approximate surface area is 109 Å². The Kier molecular flexibility index (Phi) is 2.68. The van der Waals surface area contributed by atoms with E-state index in [2.05, 4.69) is 4.98 Å². The van der Waals surface area contributed by atoms with Crippen LogP contribution in [0.4, 0.5) is 5.69 Å². The molecule has 90 valence electrons. The molecule has 0 aliphatic heterocycles. The third kappa shape index (κ3) is 2.05. The number of nitrogens with zero attached hydrogens (tertiary/aromatic N) is 1. The van der Waals surface area contributed by atoms with Gasteiger partial charge < -0.3 is 10.2 Å². The van der Waals surface area contributed by atoms with Crippen LogP contribution in [0.3, 0.4) is 0 Å². The number of hydrogen-bond acceptors (Lipinski definition) is 3. The summed E-state index contributed by atoms with van der Waals surface area (Å²) in [6.07, 6.45) is 0.606. The molecule has 0 saturated carbocycles. The van der Waals surface area contributed by atoms with Crippen molar-refractivity contribution < 1.29 is 4.42 Å². The molecule has 0 spiro atoms. The van der Waals surface area contributed by atoms with Crippen LogP contribution < -0.4 is 5.73 Å². The molecule has 3 rings (SSSR count). The van der Waals surface area contributed by atoms with Gasteiger partial charge in [-0.2, -0.15) is 0 Å². The van der Waals surface area contributed by atoms with Crippen LogP contribution in [0.5, 0.6) is 0 Å². The van der Waals surface area contributed by atoms with Crippen LogP contribution in [-0.4, -0.2) is 4.98 Å². The molecule has 0 radical (unpaired) electrons. The maximum atomic E-state index is 5.94. The van der Waals surface area contributed by atoms with E-state index in [0.717, 1.165) is 11.1 Å². The number of halogens is 1. The number of oxazole rings is 1. The average molecular weight is 259 g/mol. The second-order valence-corrected chi connectivity index (χ2v) is 4.54. The van der Waals surface area contributed by atoms with Gasteiger partial charge in [0.25, 0.3) is 0 Å². The number of aromatic nitrogens is 1. The van der Waals surface area contributed by atoms with E-state index in [9.17, 15) is 0 Å². The number of nitrogen functional groups attached to an aromatic ring is 1. The van der Waals surface area contributed by atoms with Gasteiger partial charge in [-0.3, -0.25) is 0 Å². The van der Waals surface area contributed by atoms with Gasteiger partial charge in [-0.15, -0.1) is 0 Å². The van der Waals surface area contributed by atoms with Gasteiger partial charge in [0.2, 0.25) is 0 Å². The van der Waals surface area contributed by atoms with Crippen LogP contribution in [0.15, 0.2) is 46.9 Å². The van der Waals surface area contributed by atoms with Gasteiger partial charge in [0.1, 0.15) is 5.52 Å². The van der Waals surface area contributed by atoms with E-state index in [1.807, 2.05) is 42.5 Å². The Balaban J connectivity index is 1.98. The van der Waals surface area contributed by atoms with Crippen LogP contribution >= 0.6 is 11.6 Å². The molecule has 18 heavy (non-hydrogen) atoms. The standard InChI is InChI=1S/C14H11ClN2O/c15-10-4-1-3-9(7-10)8-13-17-14-11(16)5-2-6-12(14)18-13/h1-7H,8,16H2. The zero-order valence-electron chi connectivity index (χ0n) is 9.56. The van der Waals surface area contributed by atoms with Gasteiger partial charge in [0, 0.05) is 11.4 Å². The van der Waals surface area contributed by atoms with E-state index in [-0.39, 0.29) is 0 Å². The second-order valence-electron chi connectivity index (χ2n) is 4.11. The summed E-state index contributed by atoms with van der Waals surface area (Å²) in [7, 11) is 0. The fourth-order valence-electron chi connectivity index (χ4n) is 1.91. The highest BCUT2D eigenvalue weighted by Gasteiger charge is 2.08. The van der Waals surface area contributed by atoms with Crippen molar-refractivity contribution in [3.8, 4) is 0 Å². The molecule has 2 aromatic carbocycles. The zero-order valence-corrected chi connectivity index (χ0v) is 10.3. The van der Waals surface area contributed by atoms with E-state index in [4.69, 9.17) is 21.8 Å². The van der Waals surface area contributed by atoms with Crippen LogP contribution in [0.2, 0.25) is 5.02 Å². The first-order chi connectivity index (χ1) is 8.72. The summed E-state index contributed by atoms with van der Waals surface area (Å²) in [6, 6.07) is 13.2. The normalized spacial score (nSPS) is 10.9. The smallest absolute Gasteiger partial charge is 0.199 e. The predicted molar refractivity (Wildman–Crippen MR) is 72.7 cm³/mol. The highest BCUT2D eigenvalue weighted by Crippen LogP contribution is 2.23. The molecule has 3 nitrogen and oxygen atoms in total. The molecule has 0 aliphatic carbocycles. The highest BCUT2D eigenvalue weighted by atomic mass is 35.5. The van der Waals surface area contributed by atoms with Crippen molar-refractivity contribution in [2.24, 2.45) is 0 Å². The average Bonchev–Trinajstić information content (AvgIpc) is 2.73. The minimum atomic E-state index is 0.606. The van der Waals surface area contributed by atoms with Crippen molar-refractivity contribution in [1.82, 2.24) is 4.98 Å². The van der Waals surface area contributed by atoms with E-state index >= 15 is 0 Å². The topological polar surface area (TPSA) is 52.0 Å². The Morgan fingerprint density at radius 3 is 2.78 bits per heavy atom. The van der Waals surface area contributed by atoms with Crippen LogP contribution in [-0.2, 0) is 6.42 Å². The van der Waals surface area contributed by atoms with Gasteiger partial charge >= 0.3 is 0 Å². The van der Waals surface area contributed by atoms with Crippen molar-refractivity contribution in [1.29, 1.82) is 0 Å². The molecule has 0 bridgehead atoms. The van der Waals surface area contributed by atoms with Gasteiger partial charge in [0.15, 0.2) is 11.5 Å². The van der Waals surface area contributed by atoms with Gasteiger partial charge in [-0.05, 0) is 29.8 Å². The quantitative estimate of drug-likeness (QED) is 0.714. The third-order valence-corrected chi connectivity index (χ3v) is 2.97. The maximum Gasteiger partial charge on any atom is 0.199 e. The van der Waals surface area contributed by atoms with Crippen LogP contribution in [0, 0.1) is 0 Å².